The summed E-state index contributed by atoms with van der Waals surface area (Å²) in [6.45, 7) is 1.99. The van der Waals surface area contributed by atoms with E-state index in [2.05, 4.69) is 10.4 Å². The van der Waals surface area contributed by atoms with Gasteiger partial charge in [0.25, 0.3) is 5.91 Å². The van der Waals surface area contributed by atoms with Gasteiger partial charge in [-0.05, 0) is 36.8 Å². The van der Waals surface area contributed by atoms with Crippen molar-refractivity contribution in [3.8, 4) is 22.7 Å². The first-order valence-electron chi connectivity index (χ1n) is 8.94. The molecule has 0 saturated heterocycles. The zero-order valence-corrected chi connectivity index (χ0v) is 15.3. The third-order valence-electron chi connectivity index (χ3n) is 4.53. The normalized spacial score (nSPS) is 10.6. The molecular weight excluding hydrogens is 350 g/mol. The molecule has 1 heterocycles. The molecule has 0 spiro atoms. The average Bonchev–Trinajstić information content (AvgIpc) is 3.16. The van der Waals surface area contributed by atoms with Crippen LogP contribution in [-0.2, 0) is 0 Å². The molecule has 138 valence electrons. The van der Waals surface area contributed by atoms with Crippen LogP contribution in [0.5, 0.6) is 5.75 Å². The zero-order chi connectivity index (χ0) is 19.5. The van der Waals surface area contributed by atoms with E-state index in [1.54, 1.807) is 29.1 Å². The van der Waals surface area contributed by atoms with Crippen LogP contribution in [0.3, 0.4) is 0 Å². The van der Waals surface area contributed by atoms with Crippen LogP contribution in [0.1, 0.15) is 15.9 Å². The number of hydrogen-bond acceptors (Lipinski definition) is 3. The second-order valence-corrected chi connectivity index (χ2v) is 6.46. The fraction of sp³-hybridized carbons (Fsp3) is 0.0435. The number of benzene rings is 3. The number of amides is 1. The van der Waals surface area contributed by atoms with Crippen molar-refractivity contribution in [2.24, 2.45) is 0 Å². The molecule has 0 bridgehead atoms. The maximum absolute atomic E-state index is 13.0. The van der Waals surface area contributed by atoms with E-state index in [1.165, 1.54) is 6.07 Å². The highest BCUT2D eigenvalue weighted by atomic mass is 16.3. The lowest BCUT2D eigenvalue weighted by Gasteiger charge is -2.08. The molecule has 3 aromatic carbocycles. The number of nitrogens with one attached hydrogen (secondary N) is 1. The maximum atomic E-state index is 13.0. The topological polar surface area (TPSA) is 67.2 Å². The van der Waals surface area contributed by atoms with Crippen LogP contribution < -0.4 is 5.32 Å². The van der Waals surface area contributed by atoms with E-state index in [0.29, 0.717) is 16.9 Å². The molecule has 0 fully saturated rings. The summed E-state index contributed by atoms with van der Waals surface area (Å²) in [6, 6.07) is 24.1. The van der Waals surface area contributed by atoms with Gasteiger partial charge in [0.1, 0.15) is 11.4 Å². The highest BCUT2D eigenvalue weighted by molar-refractivity contribution is 6.08. The van der Waals surface area contributed by atoms with Gasteiger partial charge in [-0.2, -0.15) is 5.10 Å². The summed E-state index contributed by atoms with van der Waals surface area (Å²) in [5.74, 6) is -0.314. The molecule has 28 heavy (non-hydrogen) atoms. The molecule has 0 aliphatic carbocycles. The molecule has 5 heteroatoms. The Morgan fingerprint density at radius 2 is 1.61 bits per heavy atom. The first kappa shape index (κ1) is 17.5. The Bertz CT molecular complexity index is 1130. The fourth-order valence-electron chi connectivity index (χ4n) is 3.06. The van der Waals surface area contributed by atoms with E-state index in [0.717, 1.165) is 16.8 Å². The van der Waals surface area contributed by atoms with E-state index < -0.39 is 0 Å². The second-order valence-electron chi connectivity index (χ2n) is 6.46. The molecule has 0 unspecified atom stereocenters. The minimum atomic E-state index is -0.332. The van der Waals surface area contributed by atoms with Gasteiger partial charge < -0.3 is 10.4 Å². The Morgan fingerprint density at radius 3 is 2.36 bits per heavy atom. The summed E-state index contributed by atoms with van der Waals surface area (Å²) in [7, 11) is 0. The molecular formula is C23H19N3O2. The number of aryl methyl sites for hydroxylation is 1. The quantitative estimate of drug-likeness (QED) is 0.508. The van der Waals surface area contributed by atoms with Gasteiger partial charge >= 0.3 is 0 Å². The number of nitrogens with zero attached hydrogens (tertiary/aromatic N) is 2. The molecule has 0 saturated carbocycles. The van der Waals surface area contributed by atoms with Crippen molar-refractivity contribution in [1.29, 1.82) is 0 Å². The number of carbonyl (C=O) groups is 1. The molecule has 5 nitrogen and oxygen atoms in total. The van der Waals surface area contributed by atoms with E-state index in [4.69, 9.17) is 0 Å². The number of para-hydroxylation sites is 3. The zero-order valence-electron chi connectivity index (χ0n) is 15.3. The lowest BCUT2D eigenvalue weighted by molar-refractivity contribution is 0.102. The molecule has 4 aromatic rings. The summed E-state index contributed by atoms with van der Waals surface area (Å²) in [5.41, 5.74) is 4.16. The second kappa shape index (κ2) is 7.40. The highest BCUT2D eigenvalue weighted by Gasteiger charge is 2.20. The standard InChI is InChI=1S/C23H19N3O2/c1-16-9-5-6-12-18(16)22-19(15-26(25-22)17-10-3-2-4-11-17)23(28)24-20-13-7-8-14-21(20)27/h2-15,27H,1H3,(H,24,28). The number of aromatic nitrogens is 2. The SMILES string of the molecule is Cc1ccccc1-c1nn(-c2ccccc2)cc1C(=O)Nc1ccccc1O. The van der Waals surface area contributed by atoms with Crippen LogP contribution in [-0.4, -0.2) is 20.8 Å². The molecule has 0 atom stereocenters. The first-order chi connectivity index (χ1) is 13.6. The third kappa shape index (κ3) is 3.38. The summed E-state index contributed by atoms with van der Waals surface area (Å²) < 4.78 is 1.70. The lowest BCUT2D eigenvalue weighted by atomic mass is 10.0. The van der Waals surface area contributed by atoms with Crippen LogP contribution in [0, 0.1) is 6.92 Å². The van der Waals surface area contributed by atoms with E-state index in [1.807, 2.05) is 61.5 Å². The average molecular weight is 369 g/mol. The molecule has 1 aromatic heterocycles. The highest BCUT2D eigenvalue weighted by Crippen LogP contribution is 2.28. The number of phenols is 1. The minimum absolute atomic E-state index is 0.0174. The van der Waals surface area contributed by atoms with Crippen molar-refractivity contribution in [1.82, 2.24) is 9.78 Å². The molecule has 2 N–H and O–H groups in total. The smallest absolute Gasteiger partial charge is 0.259 e. The van der Waals surface area contributed by atoms with Crippen LogP contribution >= 0.6 is 0 Å². The van der Waals surface area contributed by atoms with Gasteiger partial charge in [0.2, 0.25) is 0 Å². The third-order valence-corrected chi connectivity index (χ3v) is 4.53. The maximum Gasteiger partial charge on any atom is 0.259 e. The number of rotatable bonds is 4. The Morgan fingerprint density at radius 1 is 0.929 bits per heavy atom. The van der Waals surface area contributed by atoms with E-state index >= 15 is 0 Å². The molecule has 4 rings (SSSR count). The molecule has 0 radical (unpaired) electrons. The van der Waals surface area contributed by atoms with Crippen LogP contribution in [0.25, 0.3) is 16.9 Å². The summed E-state index contributed by atoms with van der Waals surface area (Å²) in [5, 5.41) is 17.5. The van der Waals surface area contributed by atoms with Crippen molar-refractivity contribution < 1.29 is 9.90 Å². The monoisotopic (exact) mass is 369 g/mol. The largest absolute Gasteiger partial charge is 0.506 e. The van der Waals surface area contributed by atoms with Crippen molar-refractivity contribution in [3.63, 3.8) is 0 Å². The predicted octanol–water partition coefficient (Wildman–Crippen LogP) is 4.81. The summed E-state index contributed by atoms with van der Waals surface area (Å²) in [4.78, 5) is 13.0. The van der Waals surface area contributed by atoms with Gasteiger partial charge in [0.15, 0.2) is 0 Å². The van der Waals surface area contributed by atoms with E-state index in [9.17, 15) is 9.90 Å². The van der Waals surface area contributed by atoms with Crippen molar-refractivity contribution in [3.05, 3.63) is 96.2 Å². The molecule has 0 aliphatic rings. The van der Waals surface area contributed by atoms with Gasteiger partial charge in [-0.25, -0.2) is 4.68 Å². The van der Waals surface area contributed by atoms with Gasteiger partial charge in [-0.3, -0.25) is 4.79 Å². The van der Waals surface area contributed by atoms with Crippen LogP contribution in [0.2, 0.25) is 0 Å². The Kier molecular flexibility index (Phi) is 4.64. The number of carbonyl (C=O) groups excluding carboxylic acids is 1. The van der Waals surface area contributed by atoms with Gasteiger partial charge in [-0.15, -0.1) is 0 Å². The van der Waals surface area contributed by atoms with Gasteiger partial charge in [-0.1, -0.05) is 54.6 Å². The number of phenolic OH excluding ortho intramolecular Hbond substituents is 1. The first-order valence-corrected chi connectivity index (χ1v) is 8.94. The molecule has 1 amide bonds. The van der Waals surface area contributed by atoms with Crippen molar-refractivity contribution >= 4 is 11.6 Å². The van der Waals surface area contributed by atoms with E-state index in [-0.39, 0.29) is 11.7 Å². The summed E-state index contributed by atoms with van der Waals surface area (Å²) in [6.07, 6.45) is 1.71. The lowest BCUT2D eigenvalue weighted by Crippen LogP contribution is -2.12. The number of aromatic hydroxyl groups is 1. The van der Waals surface area contributed by atoms with Crippen molar-refractivity contribution in [2.75, 3.05) is 5.32 Å². The molecule has 0 aliphatic heterocycles. The van der Waals surface area contributed by atoms with Crippen LogP contribution in [0.15, 0.2) is 85.1 Å². The Hall–Kier alpha value is -3.86. The number of hydrogen-bond donors (Lipinski definition) is 2. The Balaban J connectivity index is 1.81. The van der Waals surface area contributed by atoms with Gasteiger partial charge in [0.05, 0.1) is 16.9 Å². The van der Waals surface area contributed by atoms with Crippen molar-refractivity contribution in [2.45, 2.75) is 6.92 Å². The van der Waals surface area contributed by atoms with Crippen LogP contribution in [0.4, 0.5) is 5.69 Å². The Labute approximate surface area is 162 Å². The minimum Gasteiger partial charge on any atom is -0.506 e. The fourth-order valence-corrected chi connectivity index (χ4v) is 3.06. The summed E-state index contributed by atoms with van der Waals surface area (Å²) >= 11 is 0. The van der Waals surface area contributed by atoms with Gasteiger partial charge in [0, 0.05) is 11.8 Å². The number of anilines is 1. The predicted molar refractivity (Wildman–Crippen MR) is 110 cm³/mol.